The topological polar surface area (TPSA) is 46.0 Å². The summed E-state index contributed by atoms with van der Waals surface area (Å²) in [5.41, 5.74) is 5.72. The van der Waals surface area contributed by atoms with Crippen molar-refractivity contribution in [2.75, 3.05) is 31.5 Å². The minimum absolute atomic E-state index is 0.774. The van der Waals surface area contributed by atoms with E-state index in [1.165, 1.54) is 28.5 Å². The fourth-order valence-corrected chi connectivity index (χ4v) is 5.09. The molecule has 2 heterocycles. The van der Waals surface area contributed by atoms with Gasteiger partial charge in [-0.25, -0.2) is 9.97 Å². The Morgan fingerprint density at radius 3 is 2.38 bits per heavy atom. The Morgan fingerprint density at radius 2 is 1.57 bits per heavy atom. The fraction of sp³-hybridized carbons (Fsp3) is 0.312. The lowest BCUT2D eigenvalue weighted by molar-refractivity contribution is 0.298. The van der Waals surface area contributed by atoms with Gasteiger partial charge < -0.3 is 14.8 Å². The second-order valence-electron chi connectivity index (χ2n) is 9.70. The van der Waals surface area contributed by atoms with Crippen molar-refractivity contribution in [2.24, 2.45) is 0 Å². The van der Waals surface area contributed by atoms with Gasteiger partial charge in [-0.15, -0.1) is 0 Å². The predicted molar refractivity (Wildman–Crippen MR) is 156 cm³/mol. The van der Waals surface area contributed by atoms with Crippen LogP contribution in [0.1, 0.15) is 37.8 Å². The van der Waals surface area contributed by atoms with E-state index in [1.807, 2.05) is 0 Å². The Bertz CT molecular complexity index is 1470. The van der Waals surface area contributed by atoms with Gasteiger partial charge in [-0.3, -0.25) is 0 Å². The van der Waals surface area contributed by atoms with E-state index in [9.17, 15) is 0 Å². The van der Waals surface area contributed by atoms with Crippen LogP contribution in [0.4, 0.5) is 5.82 Å². The maximum absolute atomic E-state index is 5.10. The first-order valence-electron chi connectivity index (χ1n) is 13.5. The smallest absolute Gasteiger partial charge is 0.164 e. The predicted octanol–water partition coefficient (Wildman–Crippen LogP) is 7.14. The summed E-state index contributed by atoms with van der Waals surface area (Å²) in [7, 11) is 0. The lowest BCUT2D eigenvalue weighted by Gasteiger charge is -2.17. The largest absolute Gasteiger partial charge is 0.369 e. The number of hydrogen-bond acceptors (Lipinski definition) is 4. The molecule has 190 valence electrons. The quantitative estimate of drug-likeness (QED) is 0.199. The molecule has 0 spiro atoms. The lowest BCUT2D eigenvalue weighted by Crippen LogP contribution is -2.24. The third kappa shape index (κ3) is 5.52. The molecule has 0 aliphatic carbocycles. The Labute approximate surface area is 220 Å². The molecule has 0 atom stereocenters. The summed E-state index contributed by atoms with van der Waals surface area (Å²) in [6.07, 6.45) is 4.50. The number of aryl methyl sites for hydroxylation is 1. The molecular formula is C32H37N5. The van der Waals surface area contributed by atoms with Crippen molar-refractivity contribution < 1.29 is 0 Å². The molecule has 0 aliphatic heterocycles. The van der Waals surface area contributed by atoms with E-state index in [-0.39, 0.29) is 0 Å². The van der Waals surface area contributed by atoms with Gasteiger partial charge in [0.15, 0.2) is 5.82 Å². The molecule has 2 aromatic heterocycles. The van der Waals surface area contributed by atoms with Crippen molar-refractivity contribution >= 4 is 27.6 Å². The minimum Gasteiger partial charge on any atom is -0.369 e. The summed E-state index contributed by atoms with van der Waals surface area (Å²) in [6.45, 7) is 11.7. The highest BCUT2D eigenvalue weighted by Gasteiger charge is 2.16. The van der Waals surface area contributed by atoms with Gasteiger partial charge in [0.2, 0.25) is 0 Å². The van der Waals surface area contributed by atoms with Crippen LogP contribution in [0.2, 0.25) is 0 Å². The number of nitrogens with one attached hydrogen (secondary N) is 1. The maximum atomic E-state index is 5.10. The van der Waals surface area contributed by atoms with Crippen molar-refractivity contribution in [3.8, 4) is 11.4 Å². The first-order valence-corrected chi connectivity index (χ1v) is 13.5. The Morgan fingerprint density at radius 1 is 0.811 bits per heavy atom. The van der Waals surface area contributed by atoms with Gasteiger partial charge in [0, 0.05) is 41.1 Å². The van der Waals surface area contributed by atoms with Crippen molar-refractivity contribution in [1.29, 1.82) is 0 Å². The number of anilines is 1. The van der Waals surface area contributed by atoms with Gasteiger partial charge in [-0.1, -0.05) is 74.5 Å². The van der Waals surface area contributed by atoms with Crippen LogP contribution in [0.3, 0.4) is 0 Å². The molecule has 0 unspecified atom stereocenters. The zero-order chi connectivity index (χ0) is 25.6. The first kappa shape index (κ1) is 25.0. The van der Waals surface area contributed by atoms with Crippen LogP contribution in [0, 0.1) is 6.92 Å². The van der Waals surface area contributed by atoms with E-state index in [0.29, 0.717) is 0 Å². The SMILES string of the molecule is CCN(CC)CCCCNc1nc(-c2cn(Cc3ccccc3)c3ccccc23)nc2c(C)cccc12. The molecule has 37 heavy (non-hydrogen) atoms. The van der Waals surface area contributed by atoms with Crippen LogP contribution >= 0.6 is 0 Å². The molecule has 0 aliphatic rings. The molecule has 0 amide bonds. The minimum atomic E-state index is 0.774. The number of nitrogens with zero attached hydrogens (tertiary/aromatic N) is 4. The number of benzene rings is 3. The van der Waals surface area contributed by atoms with Crippen molar-refractivity contribution in [3.05, 3.63) is 90.1 Å². The average molecular weight is 492 g/mol. The Hall–Kier alpha value is -3.70. The van der Waals surface area contributed by atoms with Crippen LogP contribution in [0.15, 0.2) is 79.0 Å². The van der Waals surface area contributed by atoms with Crippen LogP contribution in [0.25, 0.3) is 33.2 Å². The number of rotatable bonds is 11. The fourth-order valence-electron chi connectivity index (χ4n) is 5.09. The molecular weight excluding hydrogens is 454 g/mol. The van der Waals surface area contributed by atoms with Gasteiger partial charge in [0.25, 0.3) is 0 Å². The summed E-state index contributed by atoms with van der Waals surface area (Å²) >= 11 is 0. The summed E-state index contributed by atoms with van der Waals surface area (Å²) < 4.78 is 2.31. The maximum Gasteiger partial charge on any atom is 0.164 e. The standard InChI is InChI=1S/C32H37N5/c1-4-36(5-2)21-12-11-20-33-31-27-18-13-14-24(3)30(27)34-32(35-31)28-23-37(22-25-15-7-6-8-16-25)29-19-10-9-17-26(28)29/h6-10,13-19,23H,4-5,11-12,20-22H2,1-3H3,(H,33,34,35). The molecule has 5 nitrogen and oxygen atoms in total. The monoisotopic (exact) mass is 491 g/mol. The molecule has 1 N–H and O–H groups in total. The normalized spacial score (nSPS) is 11.6. The molecule has 5 aromatic rings. The highest BCUT2D eigenvalue weighted by Crippen LogP contribution is 2.32. The highest BCUT2D eigenvalue weighted by molar-refractivity contribution is 5.98. The number of fused-ring (bicyclic) bond motifs is 2. The van der Waals surface area contributed by atoms with Crippen LogP contribution < -0.4 is 5.32 Å². The van der Waals surface area contributed by atoms with Gasteiger partial charge in [0.05, 0.1) is 5.52 Å². The molecule has 0 saturated heterocycles. The van der Waals surface area contributed by atoms with E-state index in [2.05, 4.69) is 115 Å². The molecule has 0 bridgehead atoms. The zero-order valence-corrected chi connectivity index (χ0v) is 22.2. The molecule has 0 radical (unpaired) electrons. The molecule has 0 saturated carbocycles. The third-order valence-corrected chi connectivity index (χ3v) is 7.24. The van der Waals surface area contributed by atoms with E-state index in [4.69, 9.17) is 9.97 Å². The molecule has 3 aromatic carbocycles. The van der Waals surface area contributed by atoms with Crippen molar-refractivity contribution in [1.82, 2.24) is 19.4 Å². The number of hydrogen-bond donors (Lipinski definition) is 1. The Balaban J connectivity index is 1.49. The molecule has 5 rings (SSSR count). The van der Waals surface area contributed by atoms with E-state index in [1.54, 1.807) is 0 Å². The highest BCUT2D eigenvalue weighted by atomic mass is 15.1. The van der Waals surface area contributed by atoms with Crippen molar-refractivity contribution in [3.63, 3.8) is 0 Å². The zero-order valence-electron chi connectivity index (χ0n) is 22.2. The van der Waals surface area contributed by atoms with Crippen LogP contribution in [-0.4, -0.2) is 45.6 Å². The summed E-state index contributed by atoms with van der Waals surface area (Å²) in [5, 5.41) is 5.91. The first-order chi connectivity index (χ1) is 18.2. The van der Waals surface area contributed by atoms with E-state index in [0.717, 1.165) is 67.3 Å². The van der Waals surface area contributed by atoms with Gasteiger partial charge in [0.1, 0.15) is 5.82 Å². The third-order valence-electron chi connectivity index (χ3n) is 7.24. The molecule has 0 fully saturated rings. The average Bonchev–Trinajstić information content (AvgIpc) is 3.30. The van der Waals surface area contributed by atoms with Crippen molar-refractivity contribution in [2.45, 2.75) is 40.2 Å². The number of para-hydroxylation sites is 2. The van der Waals surface area contributed by atoms with E-state index < -0.39 is 0 Å². The number of aromatic nitrogens is 3. The second-order valence-corrected chi connectivity index (χ2v) is 9.70. The lowest BCUT2D eigenvalue weighted by atomic mass is 10.1. The van der Waals surface area contributed by atoms with E-state index >= 15 is 0 Å². The Kier molecular flexibility index (Phi) is 7.81. The number of unbranched alkanes of at least 4 members (excludes halogenated alkanes) is 1. The molecule has 5 heteroatoms. The summed E-state index contributed by atoms with van der Waals surface area (Å²) in [6, 6.07) is 25.5. The van der Waals surface area contributed by atoms with Crippen LogP contribution in [0.5, 0.6) is 0 Å². The summed E-state index contributed by atoms with van der Waals surface area (Å²) in [4.78, 5) is 12.7. The van der Waals surface area contributed by atoms with Gasteiger partial charge in [-0.05, 0) is 62.7 Å². The van der Waals surface area contributed by atoms with Gasteiger partial charge >= 0.3 is 0 Å². The second kappa shape index (κ2) is 11.6. The summed E-state index contributed by atoms with van der Waals surface area (Å²) in [5.74, 6) is 1.70. The van der Waals surface area contributed by atoms with Crippen LogP contribution in [-0.2, 0) is 6.54 Å². The van der Waals surface area contributed by atoms with Gasteiger partial charge in [-0.2, -0.15) is 0 Å².